The van der Waals surface area contributed by atoms with Crippen LogP contribution in [0.25, 0.3) is 0 Å². The first-order chi connectivity index (χ1) is 6.33. The molecule has 0 aromatic rings. The van der Waals surface area contributed by atoms with E-state index >= 15 is 0 Å². The maximum atomic E-state index is 11.2. The molecule has 0 saturated carbocycles. The van der Waals surface area contributed by atoms with Crippen LogP contribution in [-0.2, 0) is 4.79 Å². The highest BCUT2D eigenvalue weighted by molar-refractivity contribution is 5.75. The minimum atomic E-state index is 0.204. The van der Waals surface area contributed by atoms with Crippen molar-refractivity contribution >= 4 is 5.91 Å². The summed E-state index contributed by atoms with van der Waals surface area (Å²) in [5.41, 5.74) is 0. The molecule has 1 aliphatic heterocycles. The van der Waals surface area contributed by atoms with Crippen LogP contribution in [0, 0.1) is 0 Å². The number of carbonyl (C=O) groups excluding carboxylic acids is 1. The van der Waals surface area contributed by atoms with E-state index < -0.39 is 0 Å². The Morgan fingerprint density at radius 1 is 1.62 bits per heavy atom. The third-order valence-electron chi connectivity index (χ3n) is 2.47. The van der Waals surface area contributed by atoms with Crippen molar-refractivity contribution in [2.45, 2.75) is 45.1 Å². The van der Waals surface area contributed by atoms with Gasteiger partial charge in [0.05, 0.1) is 0 Å². The van der Waals surface area contributed by atoms with Crippen molar-refractivity contribution in [2.24, 2.45) is 0 Å². The Labute approximate surface area is 80.3 Å². The highest BCUT2D eigenvalue weighted by atomic mass is 16.1. The van der Waals surface area contributed by atoms with Crippen LogP contribution in [0.15, 0.2) is 0 Å². The predicted octanol–water partition coefficient (Wildman–Crippen LogP) is 1.04. The van der Waals surface area contributed by atoms with Gasteiger partial charge in [0.1, 0.15) is 0 Å². The van der Waals surface area contributed by atoms with Gasteiger partial charge in [-0.05, 0) is 25.8 Å². The van der Waals surface area contributed by atoms with E-state index in [4.69, 9.17) is 0 Å². The molecule has 76 valence electrons. The van der Waals surface area contributed by atoms with Gasteiger partial charge >= 0.3 is 0 Å². The van der Waals surface area contributed by atoms with Crippen molar-refractivity contribution < 1.29 is 4.79 Å². The number of hydrogen-bond donors (Lipinski definition) is 2. The third kappa shape index (κ3) is 4.27. The lowest BCUT2D eigenvalue weighted by Gasteiger charge is -2.10. The van der Waals surface area contributed by atoms with Gasteiger partial charge in [0.15, 0.2) is 0 Å². The average Bonchev–Trinajstić information content (AvgIpc) is 2.64. The molecule has 1 aliphatic rings. The van der Waals surface area contributed by atoms with E-state index in [-0.39, 0.29) is 5.91 Å². The maximum Gasteiger partial charge on any atom is 0.220 e. The topological polar surface area (TPSA) is 41.1 Å². The zero-order valence-electron chi connectivity index (χ0n) is 8.44. The van der Waals surface area contributed by atoms with Crippen molar-refractivity contribution in [3.63, 3.8) is 0 Å². The maximum absolute atomic E-state index is 11.2. The Bertz CT molecular complexity index is 153. The van der Waals surface area contributed by atoms with E-state index in [0.29, 0.717) is 12.5 Å². The quantitative estimate of drug-likeness (QED) is 0.670. The van der Waals surface area contributed by atoms with E-state index in [1.54, 1.807) is 0 Å². The van der Waals surface area contributed by atoms with Crippen LogP contribution >= 0.6 is 0 Å². The van der Waals surface area contributed by atoms with Crippen LogP contribution in [0.3, 0.4) is 0 Å². The van der Waals surface area contributed by atoms with E-state index in [2.05, 4.69) is 17.6 Å². The van der Waals surface area contributed by atoms with E-state index in [9.17, 15) is 4.79 Å². The molecule has 0 aromatic heterocycles. The molecule has 1 fully saturated rings. The first kappa shape index (κ1) is 10.5. The lowest BCUT2D eigenvalue weighted by Crippen LogP contribution is -2.37. The molecule has 3 nitrogen and oxygen atoms in total. The molecule has 1 amide bonds. The number of nitrogens with one attached hydrogen (secondary N) is 2. The number of amides is 1. The summed E-state index contributed by atoms with van der Waals surface area (Å²) in [7, 11) is 0. The highest BCUT2D eigenvalue weighted by Crippen LogP contribution is 2.03. The molecule has 2 N–H and O–H groups in total. The molecule has 0 unspecified atom stereocenters. The van der Waals surface area contributed by atoms with Crippen LogP contribution < -0.4 is 10.6 Å². The first-order valence-corrected chi connectivity index (χ1v) is 5.33. The fourth-order valence-electron chi connectivity index (χ4n) is 1.59. The van der Waals surface area contributed by atoms with E-state index in [0.717, 1.165) is 25.9 Å². The molecule has 0 aromatic carbocycles. The lowest BCUT2D eigenvalue weighted by atomic mass is 10.2. The fraction of sp³-hybridized carbons (Fsp3) is 0.900. The number of carbonyl (C=O) groups is 1. The van der Waals surface area contributed by atoms with Gasteiger partial charge in [-0.15, -0.1) is 0 Å². The smallest absolute Gasteiger partial charge is 0.220 e. The first-order valence-electron chi connectivity index (χ1n) is 5.33. The fourth-order valence-corrected chi connectivity index (χ4v) is 1.59. The van der Waals surface area contributed by atoms with Crippen LogP contribution in [0.4, 0.5) is 0 Å². The standard InChI is InChI=1S/C10H20N2O/c1-2-3-6-10(13)12-8-9-5-4-7-11-9/h9,11H,2-8H2,1H3,(H,12,13)/t9-/m1/s1. The molecular formula is C10H20N2O. The molecule has 1 atom stereocenters. The van der Waals surface area contributed by atoms with Crippen molar-refractivity contribution in [1.82, 2.24) is 10.6 Å². The molecule has 0 spiro atoms. The molecule has 1 saturated heterocycles. The van der Waals surface area contributed by atoms with Crippen molar-refractivity contribution in [1.29, 1.82) is 0 Å². The largest absolute Gasteiger partial charge is 0.355 e. The lowest BCUT2D eigenvalue weighted by molar-refractivity contribution is -0.121. The second kappa shape index (κ2) is 5.97. The van der Waals surface area contributed by atoms with Gasteiger partial charge < -0.3 is 10.6 Å². The summed E-state index contributed by atoms with van der Waals surface area (Å²) in [6.45, 7) is 4.02. The van der Waals surface area contributed by atoms with Crippen molar-refractivity contribution in [3.8, 4) is 0 Å². The number of unbranched alkanes of at least 4 members (excludes halogenated alkanes) is 1. The summed E-state index contributed by atoms with van der Waals surface area (Å²) in [6, 6.07) is 0.519. The predicted molar refractivity (Wildman–Crippen MR) is 53.6 cm³/mol. The molecule has 13 heavy (non-hydrogen) atoms. The second-order valence-corrected chi connectivity index (χ2v) is 3.70. The van der Waals surface area contributed by atoms with Crippen LogP contribution in [-0.4, -0.2) is 25.0 Å². The summed E-state index contributed by atoms with van der Waals surface area (Å²) in [6.07, 6.45) is 5.23. The normalized spacial score (nSPS) is 21.8. The number of rotatable bonds is 5. The molecule has 1 heterocycles. The van der Waals surface area contributed by atoms with Crippen molar-refractivity contribution in [2.75, 3.05) is 13.1 Å². The van der Waals surface area contributed by atoms with E-state index in [1.165, 1.54) is 12.8 Å². The summed E-state index contributed by atoms with van der Waals surface area (Å²) in [5, 5.41) is 6.31. The number of hydrogen-bond acceptors (Lipinski definition) is 2. The Kier molecular flexibility index (Phi) is 4.83. The Morgan fingerprint density at radius 3 is 3.08 bits per heavy atom. The highest BCUT2D eigenvalue weighted by Gasteiger charge is 2.13. The molecule has 0 bridgehead atoms. The van der Waals surface area contributed by atoms with Crippen LogP contribution in [0.5, 0.6) is 0 Å². The van der Waals surface area contributed by atoms with Gasteiger partial charge in [-0.3, -0.25) is 4.79 Å². The van der Waals surface area contributed by atoms with Gasteiger partial charge in [0.25, 0.3) is 0 Å². The average molecular weight is 184 g/mol. The molecule has 0 aliphatic carbocycles. The molecular weight excluding hydrogens is 164 g/mol. The molecule has 3 heteroatoms. The summed E-state index contributed by atoms with van der Waals surface area (Å²) in [4.78, 5) is 11.2. The molecule has 1 rings (SSSR count). The third-order valence-corrected chi connectivity index (χ3v) is 2.47. The van der Waals surface area contributed by atoms with Crippen molar-refractivity contribution in [3.05, 3.63) is 0 Å². The summed E-state index contributed by atoms with van der Waals surface area (Å²) < 4.78 is 0. The zero-order valence-corrected chi connectivity index (χ0v) is 8.44. The minimum absolute atomic E-state index is 0.204. The van der Waals surface area contributed by atoms with Gasteiger partial charge in [-0.1, -0.05) is 13.3 Å². The van der Waals surface area contributed by atoms with Gasteiger partial charge in [-0.2, -0.15) is 0 Å². The van der Waals surface area contributed by atoms with E-state index in [1.807, 2.05) is 0 Å². The Morgan fingerprint density at radius 2 is 2.46 bits per heavy atom. The summed E-state index contributed by atoms with van der Waals surface area (Å²) in [5.74, 6) is 0.204. The SMILES string of the molecule is CCCCC(=O)NC[C@H]1CCCN1. The zero-order chi connectivity index (χ0) is 9.52. The Hall–Kier alpha value is -0.570. The van der Waals surface area contributed by atoms with Gasteiger partial charge in [0, 0.05) is 19.0 Å². The van der Waals surface area contributed by atoms with Gasteiger partial charge in [-0.25, -0.2) is 0 Å². The van der Waals surface area contributed by atoms with Crippen LogP contribution in [0.1, 0.15) is 39.0 Å². The summed E-state index contributed by atoms with van der Waals surface area (Å²) >= 11 is 0. The monoisotopic (exact) mass is 184 g/mol. The van der Waals surface area contributed by atoms with Crippen LogP contribution in [0.2, 0.25) is 0 Å². The minimum Gasteiger partial charge on any atom is -0.355 e. The molecule has 0 radical (unpaired) electrons. The Balaban J connectivity index is 2.00. The van der Waals surface area contributed by atoms with Gasteiger partial charge in [0.2, 0.25) is 5.91 Å². The second-order valence-electron chi connectivity index (χ2n) is 3.70.